The average Bonchev–Trinajstić information content (AvgIpc) is 3.34. The number of benzene rings is 2. The smallest absolute Gasteiger partial charge is 0.295 e. The molecule has 8 nitrogen and oxygen atoms in total. The van der Waals surface area contributed by atoms with Gasteiger partial charge in [0.25, 0.3) is 5.56 Å². The lowest BCUT2D eigenvalue weighted by Gasteiger charge is -2.07. The molecule has 1 N–H and O–H groups in total. The first-order valence-electron chi connectivity index (χ1n) is 11.5. The number of carbonyl (C=O) groups excluding carboxylic acids is 1. The highest BCUT2D eigenvalue weighted by atomic mass is 32.2. The number of fused-ring (bicyclic) bond motifs is 1. The van der Waals surface area contributed by atoms with Gasteiger partial charge in [0, 0.05) is 12.6 Å². The fraction of sp³-hybridized carbons (Fsp3) is 0.185. The van der Waals surface area contributed by atoms with Crippen LogP contribution in [0, 0.1) is 20.8 Å². The lowest BCUT2D eigenvalue weighted by Crippen LogP contribution is -2.23. The summed E-state index contributed by atoms with van der Waals surface area (Å²) in [6.45, 7) is 5.79. The quantitative estimate of drug-likeness (QED) is 0.347. The normalized spacial score (nSPS) is 11.2. The largest absolute Gasteiger partial charge is 0.319 e. The fourth-order valence-corrected chi connectivity index (χ4v) is 5.06. The number of nitrogens with zero attached hydrogens (tertiary/aromatic N) is 5. The Hall–Kier alpha value is -4.11. The second-order valence-electron chi connectivity index (χ2n) is 8.61. The van der Waals surface area contributed by atoms with Crippen LogP contribution in [0.25, 0.3) is 22.5 Å². The van der Waals surface area contributed by atoms with E-state index < -0.39 is 0 Å². The van der Waals surface area contributed by atoms with E-state index in [4.69, 9.17) is 4.98 Å². The highest BCUT2D eigenvalue weighted by molar-refractivity contribution is 7.99. The van der Waals surface area contributed by atoms with Crippen LogP contribution in [0.5, 0.6) is 0 Å². The van der Waals surface area contributed by atoms with Crippen molar-refractivity contribution < 1.29 is 4.79 Å². The third-order valence-electron chi connectivity index (χ3n) is 6.08. The molecule has 0 aliphatic carbocycles. The lowest BCUT2D eigenvalue weighted by molar-refractivity contribution is -0.113. The van der Waals surface area contributed by atoms with Gasteiger partial charge in [0.2, 0.25) is 5.91 Å². The van der Waals surface area contributed by atoms with Crippen LogP contribution in [0.3, 0.4) is 0 Å². The van der Waals surface area contributed by atoms with E-state index in [1.807, 2.05) is 87.5 Å². The third kappa shape index (κ3) is 4.22. The maximum Gasteiger partial charge on any atom is 0.295 e. The van der Waals surface area contributed by atoms with E-state index in [1.165, 1.54) is 11.8 Å². The van der Waals surface area contributed by atoms with Crippen molar-refractivity contribution in [2.24, 2.45) is 7.05 Å². The minimum Gasteiger partial charge on any atom is -0.319 e. The molecule has 2 aromatic carbocycles. The summed E-state index contributed by atoms with van der Waals surface area (Å²) in [5, 5.41) is 8.11. The molecule has 0 unspecified atom stereocenters. The van der Waals surface area contributed by atoms with E-state index in [0.717, 1.165) is 33.7 Å². The Morgan fingerprint density at radius 1 is 1.00 bits per heavy atom. The van der Waals surface area contributed by atoms with Crippen molar-refractivity contribution in [1.29, 1.82) is 0 Å². The first-order valence-corrected chi connectivity index (χ1v) is 12.5. The number of imidazole rings is 1. The molecule has 3 heterocycles. The second kappa shape index (κ2) is 9.50. The molecule has 9 heteroatoms. The molecule has 0 bridgehead atoms. The Kier molecular flexibility index (Phi) is 6.24. The van der Waals surface area contributed by atoms with Crippen molar-refractivity contribution in [3.05, 3.63) is 94.0 Å². The van der Waals surface area contributed by atoms with Gasteiger partial charge in [-0.1, -0.05) is 60.3 Å². The number of amides is 1. The minimum absolute atomic E-state index is 0.0844. The maximum absolute atomic E-state index is 13.1. The predicted molar refractivity (Wildman–Crippen MR) is 143 cm³/mol. The Balaban J connectivity index is 1.42. The van der Waals surface area contributed by atoms with Gasteiger partial charge in [-0.05, 0) is 44.5 Å². The van der Waals surface area contributed by atoms with Crippen molar-refractivity contribution in [3.63, 3.8) is 0 Å². The van der Waals surface area contributed by atoms with Crippen molar-refractivity contribution >= 4 is 28.9 Å². The molecule has 182 valence electrons. The third-order valence-corrected chi connectivity index (χ3v) is 7.01. The van der Waals surface area contributed by atoms with Gasteiger partial charge in [-0.3, -0.25) is 14.3 Å². The molecule has 0 spiro atoms. The Labute approximate surface area is 212 Å². The van der Waals surface area contributed by atoms with Gasteiger partial charge in [0.15, 0.2) is 5.16 Å². The van der Waals surface area contributed by atoms with Gasteiger partial charge < -0.3 is 5.32 Å². The first-order chi connectivity index (χ1) is 17.3. The van der Waals surface area contributed by atoms with E-state index in [1.54, 1.807) is 20.9 Å². The van der Waals surface area contributed by atoms with Crippen molar-refractivity contribution in [2.75, 3.05) is 11.1 Å². The summed E-state index contributed by atoms with van der Waals surface area (Å²) in [6, 6.07) is 21.3. The molecule has 1 amide bonds. The van der Waals surface area contributed by atoms with E-state index in [-0.39, 0.29) is 22.9 Å². The summed E-state index contributed by atoms with van der Waals surface area (Å²) >= 11 is 1.29. The summed E-state index contributed by atoms with van der Waals surface area (Å²) in [6.07, 6.45) is 0. The standard InChI is InChI=1S/C27H26N6O2S/c1-17-15-18(2)30-32-25(17)24(20-11-7-5-8-12-20)29-27(32)36-16-22(34)28-23-19(3)31(4)33(26(23)35)21-13-9-6-10-14-21/h5-15H,16H2,1-4H3,(H,28,34). The minimum atomic E-state index is -0.284. The highest BCUT2D eigenvalue weighted by Gasteiger charge is 2.20. The van der Waals surface area contributed by atoms with Crippen LogP contribution in [0.1, 0.15) is 17.0 Å². The average molecular weight is 499 g/mol. The topological polar surface area (TPSA) is 86.2 Å². The van der Waals surface area contributed by atoms with Crippen LogP contribution in [0.2, 0.25) is 0 Å². The number of anilines is 1. The SMILES string of the molecule is Cc1cc(C)c2c(-c3ccccc3)nc(SCC(=O)Nc3c(C)n(C)n(-c4ccccc4)c3=O)n2n1. The van der Waals surface area contributed by atoms with Gasteiger partial charge in [-0.15, -0.1) is 0 Å². The number of thioether (sulfide) groups is 1. The second-order valence-corrected chi connectivity index (χ2v) is 9.55. The Morgan fingerprint density at radius 3 is 2.36 bits per heavy atom. The van der Waals surface area contributed by atoms with E-state index in [9.17, 15) is 9.59 Å². The molecule has 36 heavy (non-hydrogen) atoms. The molecule has 0 saturated carbocycles. The van der Waals surface area contributed by atoms with E-state index in [0.29, 0.717) is 10.9 Å². The van der Waals surface area contributed by atoms with Gasteiger partial charge >= 0.3 is 0 Å². The van der Waals surface area contributed by atoms with Crippen LogP contribution in [0.15, 0.2) is 76.7 Å². The van der Waals surface area contributed by atoms with Crippen LogP contribution < -0.4 is 10.9 Å². The van der Waals surface area contributed by atoms with Crippen LogP contribution in [-0.4, -0.2) is 35.6 Å². The number of para-hydroxylation sites is 1. The number of nitrogens with one attached hydrogen (secondary N) is 1. The summed E-state index contributed by atoms with van der Waals surface area (Å²) in [4.78, 5) is 30.9. The molecule has 0 fully saturated rings. The maximum atomic E-state index is 13.1. The number of hydrogen-bond acceptors (Lipinski definition) is 5. The molecule has 0 aliphatic rings. The Morgan fingerprint density at radius 2 is 1.67 bits per heavy atom. The zero-order valence-electron chi connectivity index (χ0n) is 20.5. The van der Waals surface area contributed by atoms with Crippen molar-refractivity contribution in [1.82, 2.24) is 24.0 Å². The molecule has 0 aliphatic heterocycles. The van der Waals surface area contributed by atoms with E-state index >= 15 is 0 Å². The van der Waals surface area contributed by atoms with Crippen LogP contribution in [-0.2, 0) is 11.8 Å². The highest BCUT2D eigenvalue weighted by Crippen LogP contribution is 2.31. The number of hydrogen-bond donors (Lipinski definition) is 1. The van der Waals surface area contributed by atoms with Gasteiger partial charge in [-0.25, -0.2) is 14.2 Å². The predicted octanol–water partition coefficient (Wildman–Crippen LogP) is 4.54. The Bertz CT molecular complexity index is 1630. The summed E-state index contributed by atoms with van der Waals surface area (Å²) in [7, 11) is 1.80. The molecular weight excluding hydrogens is 472 g/mol. The molecule has 0 saturated heterocycles. The van der Waals surface area contributed by atoms with Crippen molar-refractivity contribution in [2.45, 2.75) is 25.9 Å². The zero-order valence-corrected chi connectivity index (χ0v) is 21.3. The first kappa shape index (κ1) is 23.6. The molecule has 0 radical (unpaired) electrons. The number of rotatable bonds is 6. The molecule has 0 atom stereocenters. The van der Waals surface area contributed by atoms with Gasteiger partial charge in [0.1, 0.15) is 5.69 Å². The lowest BCUT2D eigenvalue weighted by atomic mass is 10.1. The van der Waals surface area contributed by atoms with Gasteiger partial charge in [-0.2, -0.15) is 5.10 Å². The number of aromatic nitrogens is 5. The fourth-order valence-electron chi connectivity index (χ4n) is 4.32. The zero-order chi connectivity index (χ0) is 25.4. The molecule has 3 aromatic heterocycles. The number of carbonyl (C=O) groups is 1. The van der Waals surface area contributed by atoms with E-state index in [2.05, 4.69) is 10.4 Å². The van der Waals surface area contributed by atoms with Crippen molar-refractivity contribution in [3.8, 4) is 16.9 Å². The number of aryl methyl sites for hydroxylation is 2. The monoisotopic (exact) mass is 498 g/mol. The van der Waals surface area contributed by atoms with Gasteiger partial charge in [0.05, 0.1) is 34.0 Å². The summed E-state index contributed by atoms with van der Waals surface area (Å²) in [5.74, 6) is -0.199. The molecule has 5 rings (SSSR count). The summed E-state index contributed by atoms with van der Waals surface area (Å²) in [5.41, 5.74) is 6.06. The van der Waals surface area contributed by atoms with Crippen LogP contribution >= 0.6 is 11.8 Å². The molecular formula is C27H26N6O2S. The van der Waals surface area contributed by atoms with Crippen LogP contribution in [0.4, 0.5) is 5.69 Å². The summed E-state index contributed by atoms with van der Waals surface area (Å²) < 4.78 is 5.09. The molecule has 5 aromatic rings.